The van der Waals surface area contributed by atoms with Crippen molar-refractivity contribution in [3.05, 3.63) is 0 Å². The quantitative estimate of drug-likeness (QED) is 0.786. The van der Waals surface area contributed by atoms with Crippen molar-refractivity contribution in [3.63, 3.8) is 0 Å². The van der Waals surface area contributed by atoms with Crippen LogP contribution in [-0.2, 0) is 4.74 Å². The van der Waals surface area contributed by atoms with Crippen molar-refractivity contribution in [2.45, 2.75) is 46.1 Å². The highest BCUT2D eigenvalue weighted by Crippen LogP contribution is 2.33. The maximum atomic E-state index is 5.70. The summed E-state index contributed by atoms with van der Waals surface area (Å²) in [6.07, 6.45) is 3.98. The molecule has 2 fully saturated rings. The molecule has 106 valence electrons. The molecule has 0 bridgehead atoms. The Bertz CT molecular complexity index is 249. The first-order chi connectivity index (χ1) is 8.67. The minimum absolute atomic E-state index is 0.369. The van der Waals surface area contributed by atoms with Crippen LogP contribution in [0.1, 0.15) is 40.0 Å². The Hall–Kier alpha value is -0.120. The molecule has 0 aliphatic carbocycles. The summed E-state index contributed by atoms with van der Waals surface area (Å²) in [4.78, 5) is 2.73. The second-order valence-electron chi connectivity index (χ2n) is 6.51. The smallest absolute Gasteiger partial charge is 0.0547 e. The van der Waals surface area contributed by atoms with Gasteiger partial charge < -0.3 is 10.1 Å². The summed E-state index contributed by atoms with van der Waals surface area (Å²) in [6.45, 7) is 13.5. The van der Waals surface area contributed by atoms with Gasteiger partial charge in [0.1, 0.15) is 0 Å². The standard InChI is InChI=1S/C15H30N2O/c1-4-16-10-15(7-9-18-12-15)11-17-8-5-6-14(17)13(2)3/h13-14,16H,4-12H2,1-3H3. The third kappa shape index (κ3) is 3.25. The number of nitrogens with zero attached hydrogens (tertiary/aromatic N) is 1. The van der Waals surface area contributed by atoms with Gasteiger partial charge in [0.2, 0.25) is 0 Å². The SMILES string of the molecule is CCNCC1(CN2CCCC2C(C)C)CCOC1. The zero-order chi connectivity index (χ0) is 13.0. The highest BCUT2D eigenvalue weighted by Gasteiger charge is 2.39. The lowest BCUT2D eigenvalue weighted by atomic mass is 9.85. The Labute approximate surface area is 112 Å². The molecule has 1 N–H and O–H groups in total. The van der Waals surface area contributed by atoms with E-state index < -0.39 is 0 Å². The third-order valence-electron chi connectivity index (χ3n) is 4.66. The molecule has 0 radical (unpaired) electrons. The Morgan fingerprint density at radius 3 is 2.89 bits per heavy atom. The molecule has 2 heterocycles. The molecule has 2 rings (SSSR count). The van der Waals surface area contributed by atoms with Crippen LogP contribution in [0, 0.1) is 11.3 Å². The van der Waals surface area contributed by atoms with E-state index in [4.69, 9.17) is 4.74 Å². The van der Waals surface area contributed by atoms with E-state index >= 15 is 0 Å². The minimum atomic E-state index is 0.369. The molecule has 2 aliphatic heterocycles. The fraction of sp³-hybridized carbons (Fsp3) is 1.00. The number of likely N-dealkylation sites (tertiary alicyclic amines) is 1. The number of hydrogen-bond acceptors (Lipinski definition) is 3. The first-order valence-electron chi connectivity index (χ1n) is 7.69. The second-order valence-corrected chi connectivity index (χ2v) is 6.51. The van der Waals surface area contributed by atoms with Crippen LogP contribution in [0.3, 0.4) is 0 Å². The van der Waals surface area contributed by atoms with E-state index in [9.17, 15) is 0 Å². The second kappa shape index (κ2) is 6.36. The molecule has 0 amide bonds. The van der Waals surface area contributed by atoms with Crippen LogP contribution < -0.4 is 5.32 Å². The van der Waals surface area contributed by atoms with Crippen molar-refractivity contribution in [3.8, 4) is 0 Å². The summed E-state index contributed by atoms with van der Waals surface area (Å²) in [5.41, 5.74) is 0.369. The van der Waals surface area contributed by atoms with Gasteiger partial charge in [0.25, 0.3) is 0 Å². The summed E-state index contributed by atoms with van der Waals surface area (Å²) in [5, 5.41) is 3.54. The predicted molar refractivity (Wildman–Crippen MR) is 75.8 cm³/mol. The molecule has 0 spiro atoms. The van der Waals surface area contributed by atoms with Crippen molar-refractivity contribution in [1.29, 1.82) is 0 Å². The molecule has 0 aromatic rings. The van der Waals surface area contributed by atoms with E-state index in [2.05, 4.69) is 31.0 Å². The Morgan fingerprint density at radius 2 is 2.28 bits per heavy atom. The van der Waals surface area contributed by atoms with Gasteiger partial charge in [-0.1, -0.05) is 20.8 Å². The number of nitrogens with one attached hydrogen (secondary N) is 1. The molecular formula is C15H30N2O. The van der Waals surface area contributed by atoms with Gasteiger partial charge in [-0.2, -0.15) is 0 Å². The molecule has 2 atom stereocenters. The third-order valence-corrected chi connectivity index (χ3v) is 4.66. The molecule has 18 heavy (non-hydrogen) atoms. The van der Waals surface area contributed by atoms with E-state index in [0.29, 0.717) is 5.41 Å². The summed E-state index contributed by atoms with van der Waals surface area (Å²) >= 11 is 0. The number of hydrogen-bond donors (Lipinski definition) is 1. The molecule has 3 heteroatoms. The zero-order valence-electron chi connectivity index (χ0n) is 12.4. The van der Waals surface area contributed by atoms with Crippen molar-refractivity contribution in [1.82, 2.24) is 10.2 Å². The van der Waals surface area contributed by atoms with E-state index in [1.54, 1.807) is 0 Å². The number of rotatable bonds is 6. The van der Waals surface area contributed by atoms with Crippen LogP contribution in [0.4, 0.5) is 0 Å². The Balaban J connectivity index is 1.95. The lowest BCUT2D eigenvalue weighted by Crippen LogP contribution is -2.47. The van der Waals surface area contributed by atoms with Gasteiger partial charge in [0, 0.05) is 31.2 Å². The van der Waals surface area contributed by atoms with E-state index in [0.717, 1.165) is 38.3 Å². The number of ether oxygens (including phenoxy) is 1. The Kier molecular flexibility index (Phi) is 5.05. The van der Waals surface area contributed by atoms with Gasteiger partial charge in [0.15, 0.2) is 0 Å². The highest BCUT2D eigenvalue weighted by atomic mass is 16.5. The van der Waals surface area contributed by atoms with Crippen LogP contribution in [0.2, 0.25) is 0 Å². The van der Waals surface area contributed by atoms with Gasteiger partial charge in [0.05, 0.1) is 6.61 Å². The average Bonchev–Trinajstić information content (AvgIpc) is 2.97. The van der Waals surface area contributed by atoms with Gasteiger partial charge in [-0.3, -0.25) is 4.90 Å². The predicted octanol–water partition coefficient (Wildman–Crippen LogP) is 2.12. The average molecular weight is 254 g/mol. The lowest BCUT2D eigenvalue weighted by Gasteiger charge is -2.36. The van der Waals surface area contributed by atoms with Crippen LogP contribution in [-0.4, -0.2) is 50.3 Å². The van der Waals surface area contributed by atoms with E-state index in [-0.39, 0.29) is 0 Å². The maximum absolute atomic E-state index is 5.70. The molecule has 0 aromatic heterocycles. The van der Waals surface area contributed by atoms with Crippen molar-refractivity contribution >= 4 is 0 Å². The van der Waals surface area contributed by atoms with Crippen LogP contribution in [0.25, 0.3) is 0 Å². The van der Waals surface area contributed by atoms with Crippen molar-refractivity contribution in [2.24, 2.45) is 11.3 Å². The monoisotopic (exact) mass is 254 g/mol. The highest BCUT2D eigenvalue weighted by molar-refractivity contribution is 4.92. The van der Waals surface area contributed by atoms with E-state index in [1.807, 2.05) is 0 Å². The van der Waals surface area contributed by atoms with Gasteiger partial charge in [-0.15, -0.1) is 0 Å². The molecule has 3 nitrogen and oxygen atoms in total. The van der Waals surface area contributed by atoms with Crippen molar-refractivity contribution < 1.29 is 4.74 Å². The van der Waals surface area contributed by atoms with Gasteiger partial charge in [-0.05, 0) is 38.3 Å². The Morgan fingerprint density at radius 1 is 1.44 bits per heavy atom. The minimum Gasteiger partial charge on any atom is -0.381 e. The summed E-state index contributed by atoms with van der Waals surface area (Å²) in [6, 6.07) is 0.795. The lowest BCUT2D eigenvalue weighted by molar-refractivity contribution is 0.0916. The summed E-state index contributed by atoms with van der Waals surface area (Å²) < 4.78 is 5.70. The van der Waals surface area contributed by atoms with Crippen LogP contribution in [0.15, 0.2) is 0 Å². The molecule has 2 saturated heterocycles. The molecule has 2 unspecified atom stereocenters. The summed E-state index contributed by atoms with van der Waals surface area (Å²) in [7, 11) is 0. The van der Waals surface area contributed by atoms with Gasteiger partial charge in [-0.25, -0.2) is 0 Å². The zero-order valence-corrected chi connectivity index (χ0v) is 12.4. The van der Waals surface area contributed by atoms with E-state index in [1.165, 1.54) is 32.4 Å². The summed E-state index contributed by atoms with van der Waals surface area (Å²) in [5.74, 6) is 0.783. The fourth-order valence-corrected chi connectivity index (χ4v) is 3.59. The normalized spacial score (nSPS) is 33.7. The topological polar surface area (TPSA) is 24.5 Å². The molecule has 2 aliphatic rings. The first kappa shape index (κ1) is 14.3. The van der Waals surface area contributed by atoms with Crippen LogP contribution in [0.5, 0.6) is 0 Å². The first-order valence-corrected chi connectivity index (χ1v) is 7.69. The molecule has 0 aromatic carbocycles. The van der Waals surface area contributed by atoms with Gasteiger partial charge >= 0.3 is 0 Å². The largest absolute Gasteiger partial charge is 0.381 e. The van der Waals surface area contributed by atoms with Crippen molar-refractivity contribution in [2.75, 3.05) is 39.4 Å². The molecule has 0 saturated carbocycles. The maximum Gasteiger partial charge on any atom is 0.0547 e. The molecular weight excluding hydrogens is 224 g/mol. The fourth-order valence-electron chi connectivity index (χ4n) is 3.59. The van der Waals surface area contributed by atoms with Crippen LogP contribution >= 0.6 is 0 Å².